The van der Waals surface area contributed by atoms with Gasteiger partial charge in [-0.2, -0.15) is 10.2 Å². The van der Waals surface area contributed by atoms with Gasteiger partial charge in [0, 0.05) is 5.69 Å². The van der Waals surface area contributed by atoms with Gasteiger partial charge in [-0.25, -0.2) is 0 Å². The van der Waals surface area contributed by atoms with Crippen molar-refractivity contribution in [1.82, 2.24) is 10.2 Å². The maximum Gasteiger partial charge on any atom is 0.245 e. The first-order chi connectivity index (χ1) is 22.4. The Labute approximate surface area is 267 Å². The van der Waals surface area contributed by atoms with Crippen molar-refractivity contribution in [3.8, 4) is 0 Å². The number of benzene rings is 6. The van der Waals surface area contributed by atoms with Crippen LogP contribution in [0.4, 0.5) is 5.69 Å². The Kier molecular flexibility index (Phi) is 8.02. The van der Waals surface area contributed by atoms with Gasteiger partial charge in [-0.3, -0.25) is 0 Å². The minimum Gasteiger partial charge on any atom is -0.402 e. The van der Waals surface area contributed by atoms with Crippen molar-refractivity contribution in [2.24, 2.45) is 0 Å². The molecule has 0 atom stereocenters. The van der Waals surface area contributed by atoms with E-state index in [1.165, 1.54) is 31.1 Å². The maximum absolute atomic E-state index is 4.55. The lowest BCUT2D eigenvalue weighted by atomic mass is 10.3. The number of nitrogens with zero attached hydrogens (tertiary/aromatic N) is 3. The summed E-state index contributed by atoms with van der Waals surface area (Å²) >= 11 is 0. The third kappa shape index (κ3) is 4.92. The maximum atomic E-state index is 4.55. The summed E-state index contributed by atoms with van der Waals surface area (Å²) in [5.74, 6) is 0. The first-order valence-electron chi connectivity index (χ1n) is 15.3. The molecule has 0 N–H and O–H groups in total. The summed E-state index contributed by atoms with van der Waals surface area (Å²) in [5, 5.41) is 16.7. The van der Waals surface area contributed by atoms with Crippen LogP contribution in [0.2, 0.25) is 0 Å². The van der Waals surface area contributed by atoms with E-state index in [0.717, 1.165) is 5.69 Å². The predicted octanol–water partition coefficient (Wildman–Crippen LogP) is 4.62. The lowest BCUT2D eigenvalue weighted by Crippen LogP contribution is -2.91. The van der Waals surface area contributed by atoms with E-state index >= 15 is 0 Å². The van der Waals surface area contributed by atoms with Gasteiger partial charge in [0.2, 0.25) is 16.5 Å². The van der Waals surface area contributed by atoms with Crippen LogP contribution in [0.5, 0.6) is 0 Å². The Balaban J connectivity index is 1.77. The number of aromatic nitrogens is 2. The van der Waals surface area contributed by atoms with Gasteiger partial charge in [0.25, 0.3) is 0 Å². The molecular weight excluding hydrogens is 579 g/mol. The zero-order valence-electron chi connectivity index (χ0n) is 24.9. The van der Waals surface area contributed by atoms with E-state index in [2.05, 4.69) is 202 Å². The van der Waals surface area contributed by atoms with Crippen molar-refractivity contribution < 1.29 is 0 Å². The van der Waals surface area contributed by atoms with Gasteiger partial charge in [-0.15, -0.1) is 0 Å². The van der Waals surface area contributed by atoms with Crippen LogP contribution in [0.15, 0.2) is 200 Å². The summed E-state index contributed by atoms with van der Waals surface area (Å²) in [6.45, 7) is 0. The molecule has 216 valence electrons. The number of anilines is 1. The largest absolute Gasteiger partial charge is 0.402 e. The van der Waals surface area contributed by atoms with E-state index in [4.69, 9.17) is 0 Å². The number of hydrogen-bond donors (Lipinski definition) is 0. The highest BCUT2D eigenvalue weighted by Crippen LogP contribution is 2.29. The van der Waals surface area contributed by atoms with E-state index in [1.54, 1.807) is 0 Å². The average molecular weight is 612 g/mol. The smallest absolute Gasteiger partial charge is 0.245 e. The zero-order chi connectivity index (χ0) is 30.4. The number of rotatable bonds is 9. The van der Waals surface area contributed by atoms with Gasteiger partial charge in [-0.1, -0.05) is 182 Å². The highest BCUT2D eigenvalue weighted by Gasteiger charge is 2.58. The van der Waals surface area contributed by atoms with Gasteiger partial charge in [0.15, 0.2) is 0 Å². The fourth-order valence-corrected chi connectivity index (χ4v) is 19.9. The highest BCUT2D eigenvalue weighted by molar-refractivity contribution is 7.29. The summed E-state index contributed by atoms with van der Waals surface area (Å²) in [6, 6.07) is 69.0. The fourth-order valence-electron chi connectivity index (χ4n) is 6.91. The third-order valence-electron chi connectivity index (χ3n) is 8.65. The molecule has 5 heteroatoms. The van der Waals surface area contributed by atoms with E-state index in [1.807, 2.05) is 12.4 Å². The standard InChI is InChI=1S/C40H33N3Si2/c1-7-19-35(20-8-1)44(36-21-9-2-10-22-36,37-23-11-3-12-24-37)43(34-31-32-41-42-33-34)45(38-25-13-4-14-26-38,39-27-15-5-16-28-39)40-29-17-6-18-30-40/h1-33H. The van der Waals surface area contributed by atoms with Gasteiger partial charge in [0.1, 0.15) is 0 Å². The van der Waals surface area contributed by atoms with Crippen LogP contribution in [0.25, 0.3) is 0 Å². The van der Waals surface area contributed by atoms with Crippen molar-refractivity contribution in [3.05, 3.63) is 200 Å². The van der Waals surface area contributed by atoms with Crippen molar-refractivity contribution in [2.45, 2.75) is 0 Å². The molecule has 0 saturated carbocycles. The summed E-state index contributed by atoms with van der Waals surface area (Å²) in [6.07, 6.45) is 3.80. The fraction of sp³-hybridized carbons (Fsp3) is 0. The Morgan fingerprint density at radius 3 is 0.800 bits per heavy atom. The van der Waals surface area contributed by atoms with Crippen LogP contribution in [0, 0.1) is 0 Å². The van der Waals surface area contributed by atoms with Crippen LogP contribution in [-0.2, 0) is 0 Å². The first kappa shape index (κ1) is 28.4. The second kappa shape index (κ2) is 12.7. The van der Waals surface area contributed by atoms with Crippen LogP contribution >= 0.6 is 0 Å². The Morgan fingerprint density at radius 2 is 0.578 bits per heavy atom. The van der Waals surface area contributed by atoms with E-state index in [-0.39, 0.29) is 0 Å². The van der Waals surface area contributed by atoms with E-state index < -0.39 is 16.5 Å². The molecule has 0 aliphatic carbocycles. The van der Waals surface area contributed by atoms with Crippen LogP contribution in [-0.4, -0.2) is 26.7 Å². The quantitative estimate of drug-likeness (QED) is 0.176. The van der Waals surface area contributed by atoms with Crippen molar-refractivity contribution in [2.75, 3.05) is 4.23 Å². The van der Waals surface area contributed by atoms with Crippen LogP contribution < -0.4 is 35.4 Å². The Bertz CT molecular complexity index is 1610. The summed E-state index contributed by atoms with van der Waals surface area (Å²) in [4.78, 5) is 0. The molecule has 7 rings (SSSR count). The lowest BCUT2D eigenvalue weighted by Gasteiger charge is -2.55. The van der Waals surface area contributed by atoms with Crippen LogP contribution in [0.3, 0.4) is 0 Å². The molecule has 0 aliphatic heterocycles. The summed E-state index contributed by atoms with van der Waals surface area (Å²) < 4.78 is 2.86. The molecule has 0 radical (unpaired) electrons. The minimum atomic E-state index is -3.15. The van der Waals surface area contributed by atoms with Gasteiger partial charge < -0.3 is 4.23 Å². The normalized spacial score (nSPS) is 11.6. The van der Waals surface area contributed by atoms with E-state index in [0.29, 0.717) is 0 Å². The molecule has 0 aliphatic rings. The molecule has 0 saturated heterocycles. The topological polar surface area (TPSA) is 29.0 Å². The molecule has 45 heavy (non-hydrogen) atoms. The van der Waals surface area contributed by atoms with Gasteiger partial charge >= 0.3 is 0 Å². The highest BCUT2D eigenvalue weighted by atomic mass is 28.4. The molecule has 0 bridgehead atoms. The van der Waals surface area contributed by atoms with E-state index in [9.17, 15) is 0 Å². The van der Waals surface area contributed by atoms with Crippen molar-refractivity contribution in [1.29, 1.82) is 0 Å². The Morgan fingerprint density at radius 1 is 0.311 bits per heavy atom. The molecule has 0 amide bonds. The SMILES string of the molecule is c1ccc([Si](c2ccccc2)(c2ccccc2)N(c2ccnnc2)[Si](c2ccccc2)(c2ccccc2)c2ccccc2)cc1. The van der Waals surface area contributed by atoms with Gasteiger partial charge in [0.05, 0.1) is 12.4 Å². The molecule has 3 nitrogen and oxygen atoms in total. The molecule has 0 unspecified atom stereocenters. The third-order valence-corrected chi connectivity index (χ3v) is 19.5. The summed E-state index contributed by atoms with van der Waals surface area (Å²) in [7, 11) is -6.30. The number of hydrogen-bond acceptors (Lipinski definition) is 3. The monoisotopic (exact) mass is 611 g/mol. The summed E-state index contributed by atoms with van der Waals surface area (Å²) in [5.41, 5.74) is 1.05. The molecule has 1 aromatic heterocycles. The van der Waals surface area contributed by atoms with Crippen molar-refractivity contribution >= 4 is 53.3 Å². The molecular formula is C40H33N3Si2. The van der Waals surface area contributed by atoms with Crippen LogP contribution in [0.1, 0.15) is 0 Å². The molecule has 6 aromatic carbocycles. The molecule has 7 aromatic rings. The molecule has 1 heterocycles. The average Bonchev–Trinajstić information content (AvgIpc) is 3.14. The second-order valence-corrected chi connectivity index (χ2v) is 18.7. The minimum absolute atomic E-state index is 1.05. The zero-order valence-corrected chi connectivity index (χ0v) is 26.9. The molecule has 0 fully saturated rings. The molecule has 0 spiro atoms. The lowest BCUT2D eigenvalue weighted by molar-refractivity contribution is 1.03. The van der Waals surface area contributed by atoms with Gasteiger partial charge in [-0.05, 0) is 37.2 Å². The predicted molar refractivity (Wildman–Crippen MR) is 192 cm³/mol. The first-order valence-corrected chi connectivity index (χ1v) is 19.2. The second-order valence-electron chi connectivity index (χ2n) is 11.1. The van der Waals surface area contributed by atoms with Crippen molar-refractivity contribution in [3.63, 3.8) is 0 Å². The Hall–Kier alpha value is -5.37.